The molecule has 0 spiro atoms. The maximum atomic E-state index is 14.2. The third-order valence-electron chi connectivity index (χ3n) is 3.56. The Morgan fingerprint density at radius 2 is 2.00 bits per heavy atom. The maximum absolute atomic E-state index is 14.2. The molecule has 2 aromatic rings. The van der Waals surface area contributed by atoms with Crippen molar-refractivity contribution in [1.29, 1.82) is 0 Å². The van der Waals surface area contributed by atoms with Crippen molar-refractivity contribution < 1.29 is 4.39 Å². The molecule has 5 heteroatoms. The van der Waals surface area contributed by atoms with Gasteiger partial charge >= 0.3 is 0 Å². The van der Waals surface area contributed by atoms with Crippen LogP contribution in [0.4, 0.5) is 15.9 Å². The summed E-state index contributed by atoms with van der Waals surface area (Å²) < 4.78 is 14.8. The van der Waals surface area contributed by atoms with Gasteiger partial charge in [-0.15, -0.1) is 0 Å². The highest BCUT2D eigenvalue weighted by molar-refractivity contribution is 9.10. The molecule has 1 aromatic carbocycles. The molecule has 1 aliphatic carbocycles. The second kappa shape index (κ2) is 4.96. The van der Waals surface area contributed by atoms with Crippen molar-refractivity contribution in [1.82, 2.24) is 4.98 Å². The van der Waals surface area contributed by atoms with Crippen LogP contribution < -0.4 is 11.1 Å². The van der Waals surface area contributed by atoms with Gasteiger partial charge in [0, 0.05) is 16.6 Å². The van der Waals surface area contributed by atoms with Crippen molar-refractivity contribution in [3.05, 3.63) is 28.5 Å². The number of aromatic nitrogens is 1. The van der Waals surface area contributed by atoms with Crippen molar-refractivity contribution in [3.63, 3.8) is 0 Å². The largest absolute Gasteiger partial charge is 0.384 e. The zero-order chi connectivity index (χ0) is 13.4. The molecule has 1 fully saturated rings. The molecule has 1 aromatic heterocycles. The predicted molar refractivity (Wildman–Crippen MR) is 79.7 cm³/mol. The number of rotatable bonds is 2. The molecule has 1 saturated carbocycles. The fourth-order valence-corrected chi connectivity index (χ4v) is 3.13. The average molecular weight is 324 g/mol. The van der Waals surface area contributed by atoms with E-state index in [-0.39, 0.29) is 5.82 Å². The Labute approximate surface area is 119 Å². The van der Waals surface area contributed by atoms with Crippen LogP contribution in [-0.4, -0.2) is 11.0 Å². The summed E-state index contributed by atoms with van der Waals surface area (Å²) in [6.07, 6.45) is 4.71. The number of pyridine rings is 1. The fraction of sp³-hybridized carbons (Fsp3) is 0.357. The van der Waals surface area contributed by atoms with Crippen LogP contribution >= 0.6 is 15.9 Å². The molecule has 0 atom stereocenters. The molecule has 0 amide bonds. The minimum Gasteiger partial charge on any atom is -0.384 e. The molecule has 1 heterocycles. The highest BCUT2D eigenvalue weighted by Gasteiger charge is 2.17. The quantitative estimate of drug-likeness (QED) is 0.875. The van der Waals surface area contributed by atoms with Gasteiger partial charge in [-0.3, -0.25) is 0 Å². The first-order valence-electron chi connectivity index (χ1n) is 6.45. The zero-order valence-electron chi connectivity index (χ0n) is 10.4. The lowest BCUT2D eigenvalue weighted by Gasteiger charge is -2.16. The summed E-state index contributed by atoms with van der Waals surface area (Å²) >= 11 is 3.28. The highest BCUT2D eigenvalue weighted by Crippen LogP contribution is 2.32. The first kappa shape index (κ1) is 12.7. The number of benzene rings is 1. The third-order valence-corrected chi connectivity index (χ3v) is 4.02. The van der Waals surface area contributed by atoms with E-state index in [1.165, 1.54) is 18.9 Å². The van der Waals surface area contributed by atoms with Crippen LogP contribution in [0.5, 0.6) is 0 Å². The van der Waals surface area contributed by atoms with E-state index in [4.69, 9.17) is 5.73 Å². The van der Waals surface area contributed by atoms with Crippen molar-refractivity contribution in [2.45, 2.75) is 31.7 Å². The van der Waals surface area contributed by atoms with Crippen LogP contribution in [0.3, 0.4) is 0 Å². The third kappa shape index (κ3) is 2.52. The van der Waals surface area contributed by atoms with Crippen LogP contribution in [0.25, 0.3) is 10.9 Å². The van der Waals surface area contributed by atoms with E-state index in [2.05, 4.69) is 26.2 Å². The minimum absolute atomic E-state index is 0.280. The number of hydrogen-bond acceptors (Lipinski definition) is 3. The van der Waals surface area contributed by atoms with E-state index >= 15 is 0 Å². The van der Waals surface area contributed by atoms with Gasteiger partial charge in [0.05, 0.1) is 16.6 Å². The van der Waals surface area contributed by atoms with Crippen molar-refractivity contribution in [2.24, 2.45) is 0 Å². The van der Waals surface area contributed by atoms with Crippen molar-refractivity contribution >= 4 is 38.3 Å². The summed E-state index contributed by atoms with van der Waals surface area (Å²) in [5.41, 5.74) is 7.14. The lowest BCUT2D eigenvalue weighted by atomic mass is 10.1. The van der Waals surface area contributed by atoms with Crippen molar-refractivity contribution in [3.8, 4) is 0 Å². The van der Waals surface area contributed by atoms with Gasteiger partial charge in [0.25, 0.3) is 0 Å². The number of nitrogens with zero attached hydrogens (tertiary/aromatic N) is 1. The van der Waals surface area contributed by atoms with Gasteiger partial charge in [-0.05, 0) is 25.0 Å². The Hall–Kier alpha value is -1.36. The molecule has 0 saturated heterocycles. The maximum Gasteiger partial charge on any atom is 0.135 e. The minimum atomic E-state index is -0.280. The summed E-state index contributed by atoms with van der Waals surface area (Å²) in [6.45, 7) is 0. The van der Waals surface area contributed by atoms with Gasteiger partial charge < -0.3 is 11.1 Å². The number of halogens is 2. The SMILES string of the molecule is Nc1cc(NC2CCCC2)c2c(F)cc(Br)cc2n1. The Morgan fingerprint density at radius 3 is 2.74 bits per heavy atom. The molecule has 0 aliphatic heterocycles. The second-order valence-corrected chi connectivity index (χ2v) is 5.92. The van der Waals surface area contributed by atoms with Gasteiger partial charge in [-0.2, -0.15) is 0 Å². The zero-order valence-corrected chi connectivity index (χ0v) is 12.0. The van der Waals surface area contributed by atoms with Crippen LogP contribution in [0, 0.1) is 5.82 Å². The van der Waals surface area contributed by atoms with E-state index < -0.39 is 0 Å². The summed E-state index contributed by atoms with van der Waals surface area (Å²) in [5, 5.41) is 3.93. The van der Waals surface area contributed by atoms with E-state index in [0.29, 0.717) is 27.2 Å². The Balaban J connectivity index is 2.11. The molecular formula is C14H15BrFN3. The molecule has 0 radical (unpaired) electrons. The number of nitrogen functional groups attached to an aromatic ring is 1. The molecule has 3 rings (SSSR count). The Kier molecular flexibility index (Phi) is 3.31. The van der Waals surface area contributed by atoms with E-state index in [0.717, 1.165) is 18.5 Å². The second-order valence-electron chi connectivity index (χ2n) is 5.00. The Bertz CT molecular complexity index is 618. The summed E-state index contributed by atoms with van der Waals surface area (Å²) in [6, 6.07) is 5.37. The first-order chi connectivity index (χ1) is 9.13. The standard InChI is InChI=1S/C14H15BrFN3/c15-8-5-10(16)14-11(6-8)19-13(17)7-12(14)18-9-3-1-2-4-9/h5-7,9H,1-4H2,(H3,17,18,19). The molecule has 0 unspecified atom stereocenters. The number of nitrogens with one attached hydrogen (secondary N) is 1. The van der Waals surface area contributed by atoms with E-state index in [1.807, 2.05) is 0 Å². The summed E-state index contributed by atoms with van der Waals surface area (Å²) in [4.78, 5) is 4.20. The van der Waals surface area contributed by atoms with Crippen molar-refractivity contribution in [2.75, 3.05) is 11.1 Å². The molecule has 3 nitrogen and oxygen atoms in total. The lowest BCUT2D eigenvalue weighted by molar-refractivity contribution is 0.638. The normalized spacial score (nSPS) is 16.1. The number of hydrogen-bond donors (Lipinski definition) is 2. The van der Waals surface area contributed by atoms with Crippen LogP contribution in [0.2, 0.25) is 0 Å². The summed E-state index contributed by atoms with van der Waals surface area (Å²) in [7, 11) is 0. The monoisotopic (exact) mass is 323 g/mol. The lowest BCUT2D eigenvalue weighted by Crippen LogP contribution is -2.15. The van der Waals surface area contributed by atoms with Crippen LogP contribution in [0.15, 0.2) is 22.7 Å². The van der Waals surface area contributed by atoms with Gasteiger partial charge in [0.15, 0.2) is 0 Å². The van der Waals surface area contributed by atoms with Gasteiger partial charge in [0.1, 0.15) is 11.6 Å². The highest BCUT2D eigenvalue weighted by atomic mass is 79.9. The summed E-state index contributed by atoms with van der Waals surface area (Å²) in [5.74, 6) is 0.128. The molecular weight excluding hydrogens is 309 g/mol. The molecule has 3 N–H and O–H groups in total. The van der Waals surface area contributed by atoms with E-state index in [1.54, 1.807) is 12.1 Å². The molecule has 0 bridgehead atoms. The first-order valence-corrected chi connectivity index (χ1v) is 7.24. The average Bonchev–Trinajstić information content (AvgIpc) is 2.79. The fourth-order valence-electron chi connectivity index (χ4n) is 2.71. The van der Waals surface area contributed by atoms with Gasteiger partial charge in [-0.25, -0.2) is 9.37 Å². The van der Waals surface area contributed by atoms with E-state index in [9.17, 15) is 4.39 Å². The molecule has 19 heavy (non-hydrogen) atoms. The molecule has 100 valence electrons. The topological polar surface area (TPSA) is 50.9 Å². The molecule has 1 aliphatic rings. The van der Waals surface area contributed by atoms with Crippen LogP contribution in [0.1, 0.15) is 25.7 Å². The smallest absolute Gasteiger partial charge is 0.135 e. The number of nitrogens with two attached hydrogens (primary N) is 1. The Morgan fingerprint density at radius 1 is 1.26 bits per heavy atom. The number of fused-ring (bicyclic) bond motifs is 1. The van der Waals surface area contributed by atoms with Gasteiger partial charge in [-0.1, -0.05) is 28.8 Å². The van der Waals surface area contributed by atoms with Crippen LogP contribution in [-0.2, 0) is 0 Å². The number of anilines is 2. The predicted octanol–water partition coefficient (Wildman–Crippen LogP) is 4.07. The van der Waals surface area contributed by atoms with Gasteiger partial charge in [0.2, 0.25) is 0 Å².